The van der Waals surface area contributed by atoms with Crippen molar-refractivity contribution in [2.24, 2.45) is 10.9 Å². The van der Waals surface area contributed by atoms with Crippen molar-refractivity contribution >= 4 is 5.71 Å². The van der Waals surface area contributed by atoms with Gasteiger partial charge in [0.05, 0.1) is 11.3 Å². The van der Waals surface area contributed by atoms with Crippen LogP contribution in [0, 0.1) is 0 Å². The van der Waals surface area contributed by atoms with E-state index in [0.717, 1.165) is 25.0 Å². The van der Waals surface area contributed by atoms with Gasteiger partial charge in [0.25, 0.3) is 0 Å². The second-order valence-electron chi connectivity index (χ2n) is 5.09. The Hall–Kier alpha value is -1.60. The predicted octanol–water partition coefficient (Wildman–Crippen LogP) is 3.16. The number of benzene rings is 1. The van der Waals surface area contributed by atoms with Crippen molar-refractivity contribution in [3.8, 4) is 0 Å². The van der Waals surface area contributed by atoms with E-state index in [1.807, 2.05) is 6.92 Å². The van der Waals surface area contributed by atoms with Gasteiger partial charge in [0.1, 0.15) is 6.61 Å². The minimum absolute atomic E-state index is 0.385. The van der Waals surface area contributed by atoms with E-state index in [2.05, 4.69) is 10.5 Å². The lowest BCUT2D eigenvalue weighted by molar-refractivity contribution is -0.137. The fourth-order valence-electron chi connectivity index (χ4n) is 1.91. The number of hydrogen-bond donors (Lipinski definition) is 2. The molecule has 1 rings (SSSR count). The van der Waals surface area contributed by atoms with E-state index < -0.39 is 11.7 Å². The number of alkyl halides is 3. The lowest BCUT2D eigenvalue weighted by Gasteiger charge is -2.10. The number of unbranched alkanes of at least 4 members (excludes halogenated alkanes) is 1. The summed E-state index contributed by atoms with van der Waals surface area (Å²) in [6.07, 6.45) is -1.80. The van der Waals surface area contributed by atoms with Gasteiger partial charge in [-0.3, -0.25) is 0 Å². The molecule has 0 unspecified atom stereocenters. The number of hydrogen-bond acceptors (Lipinski definition) is 4. The van der Waals surface area contributed by atoms with E-state index in [0.29, 0.717) is 43.9 Å². The summed E-state index contributed by atoms with van der Waals surface area (Å²) in [4.78, 5) is 5.25. The summed E-state index contributed by atoms with van der Waals surface area (Å²) in [7, 11) is 0. The summed E-state index contributed by atoms with van der Waals surface area (Å²) >= 11 is 0. The topological polar surface area (TPSA) is 59.6 Å². The molecular formula is C16H24F3N3O. The fourth-order valence-corrected chi connectivity index (χ4v) is 1.91. The molecule has 0 aliphatic heterocycles. The molecule has 0 aliphatic carbocycles. The van der Waals surface area contributed by atoms with Crippen molar-refractivity contribution in [3.63, 3.8) is 0 Å². The van der Waals surface area contributed by atoms with Crippen LogP contribution in [0.5, 0.6) is 0 Å². The first-order chi connectivity index (χ1) is 11.0. The monoisotopic (exact) mass is 331 g/mol. The standard InChI is InChI=1S/C16H24F3N3O/c1-2-3-4-15(22-23-12-11-21-10-9-20)13-5-7-14(8-6-13)16(17,18)19/h5-8,21H,2-4,9-12,20H2,1H3/b22-15+. The van der Waals surface area contributed by atoms with Crippen LogP contribution in [0.3, 0.4) is 0 Å². The zero-order valence-corrected chi connectivity index (χ0v) is 13.3. The van der Waals surface area contributed by atoms with E-state index in [4.69, 9.17) is 10.6 Å². The Morgan fingerprint density at radius 2 is 1.91 bits per heavy atom. The number of nitrogens with zero attached hydrogens (tertiary/aromatic N) is 1. The molecule has 7 heteroatoms. The van der Waals surface area contributed by atoms with Gasteiger partial charge in [-0.1, -0.05) is 30.6 Å². The van der Waals surface area contributed by atoms with Crippen LogP contribution in [0.25, 0.3) is 0 Å². The maximum atomic E-state index is 12.6. The summed E-state index contributed by atoms with van der Waals surface area (Å²) in [5.74, 6) is 0. The number of nitrogens with one attached hydrogen (secondary N) is 1. The van der Waals surface area contributed by atoms with E-state index in [9.17, 15) is 13.2 Å². The molecule has 0 atom stereocenters. The molecule has 130 valence electrons. The minimum Gasteiger partial charge on any atom is -0.394 e. The van der Waals surface area contributed by atoms with Gasteiger partial charge in [-0.2, -0.15) is 13.2 Å². The first-order valence-corrected chi connectivity index (χ1v) is 7.76. The summed E-state index contributed by atoms with van der Waals surface area (Å²) in [6.45, 7) is 4.30. The van der Waals surface area contributed by atoms with Gasteiger partial charge in [0.2, 0.25) is 0 Å². The molecule has 0 heterocycles. The molecule has 1 aromatic rings. The molecule has 23 heavy (non-hydrogen) atoms. The molecule has 4 nitrogen and oxygen atoms in total. The number of nitrogens with two attached hydrogens (primary N) is 1. The Labute approximate surface area is 134 Å². The van der Waals surface area contributed by atoms with Crippen LogP contribution in [0.4, 0.5) is 13.2 Å². The molecule has 3 N–H and O–H groups in total. The molecule has 0 bridgehead atoms. The Kier molecular flexibility index (Phi) is 8.65. The summed E-state index contributed by atoms with van der Waals surface area (Å²) < 4.78 is 37.8. The molecule has 0 aliphatic rings. The fraction of sp³-hybridized carbons (Fsp3) is 0.562. The van der Waals surface area contributed by atoms with Crippen LogP contribution < -0.4 is 11.1 Å². The number of halogens is 3. The van der Waals surface area contributed by atoms with Gasteiger partial charge in [0.15, 0.2) is 0 Å². The van der Waals surface area contributed by atoms with Gasteiger partial charge >= 0.3 is 6.18 Å². The molecule has 1 aromatic carbocycles. The summed E-state index contributed by atoms with van der Waals surface area (Å²) in [5, 5.41) is 7.16. The van der Waals surface area contributed by atoms with Crippen molar-refractivity contribution in [2.45, 2.75) is 32.4 Å². The molecule has 0 amide bonds. The second kappa shape index (κ2) is 10.2. The third kappa shape index (κ3) is 7.47. The Bertz CT molecular complexity index is 472. The quantitative estimate of drug-likeness (QED) is 0.393. The average Bonchev–Trinajstić information content (AvgIpc) is 2.53. The normalized spacial score (nSPS) is 12.5. The van der Waals surface area contributed by atoms with Crippen molar-refractivity contribution in [1.82, 2.24) is 5.32 Å². The van der Waals surface area contributed by atoms with Gasteiger partial charge in [-0.25, -0.2) is 0 Å². The maximum Gasteiger partial charge on any atom is 0.416 e. The SMILES string of the molecule is CCCC/C(=N\OCCNCCN)c1ccc(C(F)(F)F)cc1. The largest absolute Gasteiger partial charge is 0.416 e. The zero-order valence-electron chi connectivity index (χ0n) is 13.3. The molecule has 0 aromatic heterocycles. The lowest BCUT2D eigenvalue weighted by atomic mass is 10.0. The third-order valence-electron chi connectivity index (χ3n) is 3.18. The smallest absolute Gasteiger partial charge is 0.394 e. The van der Waals surface area contributed by atoms with E-state index in [1.165, 1.54) is 12.1 Å². The number of oxime groups is 1. The molecule has 0 fully saturated rings. The minimum atomic E-state index is -4.33. The van der Waals surface area contributed by atoms with Gasteiger partial charge < -0.3 is 15.9 Å². The molecule has 0 saturated heterocycles. The van der Waals surface area contributed by atoms with Crippen LogP contribution >= 0.6 is 0 Å². The van der Waals surface area contributed by atoms with Crippen LogP contribution in [0.2, 0.25) is 0 Å². The Morgan fingerprint density at radius 1 is 1.22 bits per heavy atom. The second-order valence-corrected chi connectivity index (χ2v) is 5.09. The van der Waals surface area contributed by atoms with Crippen LogP contribution in [-0.4, -0.2) is 32.0 Å². The lowest BCUT2D eigenvalue weighted by Crippen LogP contribution is -2.25. The Balaban J connectivity index is 2.69. The molecular weight excluding hydrogens is 307 g/mol. The average molecular weight is 331 g/mol. The van der Waals surface area contributed by atoms with Crippen molar-refractivity contribution in [2.75, 3.05) is 26.2 Å². The van der Waals surface area contributed by atoms with Gasteiger partial charge in [-0.15, -0.1) is 0 Å². The number of rotatable bonds is 10. The highest BCUT2D eigenvalue weighted by Crippen LogP contribution is 2.29. The summed E-state index contributed by atoms with van der Waals surface area (Å²) in [6, 6.07) is 5.01. The van der Waals surface area contributed by atoms with Crippen LogP contribution in [0.15, 0.2) is 29.4 Å². The highest BCUT2D eigenvalue weighted by atomic mass is 19.4. The predicted molar refractivity (Wildman–Crippen MR) is 85.4 cm³/mol. The van der Waals surface area contributed by atoms with Gasteiger partial charge in [-0.05, 0) is 30.5 Å². The van der Waals surface area contributed by atoms with Crippen LogP contribution in [0.1, 0.15) is 37.3 Å². The van der Waals surface area contributed by atoms with E-state index in [-0.39, 0.29) is 0 Å². The first kappa shape index (κ1) is 19.4. The van der Waals surface area contributed by atoms with E-state index in [1.54, 1.807) is 0 Å². The highest BCUT2D eigenvalue weighted by molar-refractivity contribution is 6.00. The highest BCUT2D eigenvalue weighted by Gasteiger charge is 2.30. The third-order valence-corrected chi connectivity index (χ3v) is 3.18. The first-order valence-electron chi connectivity index (χ1n) is 7.76. The van der Waals surface area contributed by atoms with Crippen molar-refractivity contribution in [1.29, 1.82) is 0 Å². The Morgan fingerprint density at radius 3 is 2.48 bits per heavy atom. The zero-order chi connectivity index (χ0) is 17.1. The van der Waals surface area contributed by atoms with Gasteiger partial charge in [0, 0.05) is 19.6 Å². The van der Waals surface area contributed by atoms with E-state index >= 15 is 0 Å². The van der Waals surface area contributed by atoms with Crippen LogP contribution in [-0.2, 0) is 11.0 Å². The molecule has 0 spiro atoms. The van der Waals surface area contributed by atoms with Crippen molar-refractivity contribution < 1.29 is 18.0 Å². The summed E-state index contributed by atoms with van der Waals surface area (Å²) in [5.41, 5.74) is 6.01. The molecule has 0 radical (unpaired) electrons. The van der Waals surface area contributed by atoms with Crippen molar-refractivity contribution in [3.05, 3.63) is 35.4 Å². The maximum absolute atomic E-state index is 12.6. The molecule has 0 saturated carbocycles.